The lowest BCUT2D eigenvalue weighted by molar-refractivity contribution is 0.0600. The van der Waals surface area contributed by atoms with Crippen LogP contribution in [0.1, 0.15) is 21.7 Å². The van der Waals surface area contributed by atoms with Gasteiger partial charge in [0.15, 0.2) is 5.76 Å². The van der Waals surface area contributed by atoms with Crippen molar-refractivity contribution in [2.45, 2.75) is 13.5 Å². The van der Waals surface area contributed by atoms with E-state index in [1.807, 2.05) is 35.2 Å². The molecular formula is C21H22N2O2. The van der Waals surface area contributed by atoms with Crippen molar-refractivity contribution in [1.29, 1.82) is 0 Å². The number of hydrogen-bond donors (Lipinski definition) is 0. The summed E-state index contributed by atoms with van der Waals surface area (Å²) in [5.74, 6) is 0.430. The number of nitrogens with zero attached hydrogens (tertiary/aromatic N) is 2. The van der Waals surface area contributed by atoms with E-state index in [1.165, 1.54) is 11.1 Å². The van der Waals surface area contributed by atoms with Crippen LogP contribution in [-0.4, -0.2) is 41.9 Å². The van der Waals surface area contributed by atoms with Gasteiger partial charge in [-0.2, -0.15) is 0 Å². The molecular weight excluding hydrogens is 312 g/mol. The maximum absolute atomic E-state index is 12.7. The van der Waals surface area contributed by atoms with Crippen LogP contribution in [0.15, 0.2) is 59.0 Å². The third-order valence-electron chi connectivity index (χ3n) is 4.78. The molecule has 25 heavy (non-hydrogen) atoms. The Morgan fingerprint density at radius 3 is 2.56 bits per heavy atom. The highest BCUT2D eigenvalue weighted by atomic mass is 16.3. The van der Waals surface area contributed by atoms with Crippen LogP contribution in [0.5, 0.6) is 0 Å². The third kappa shape index (κ3) is 3.44. The van der Waals surface area contributed by atoms with Crippen LogP contribution in [0.2, 0.25) is 0 Å². The van der Waals surface area contributed by atoms with Gasteiger partial charge in [-0.3, -0.25) is 9.69 Å². The molecule has 4 heteroatoms. The molecule has 1 saturated heterocycles. The molecule has 2 aromatic carbocycles. The first-order chi connectivity index (χ1) is 12.2. The molecule has 1 amide bonds. The van der Waals surface area contributed by atoms with E-state index in [2.05, 4.69) is 36.1 Å². The summed E-state index contributed by atoms with van der Waals surface area (Å²) < 4.78 is 5.71. The van der Waals surface area contributed by atoms with Crippen molar-refractivity contribution in [3.8, 4) is 0 Å². The molecule has 1 aliphatic rings. The average molecular weight is 334 g/mol. The minimum Gasteiger partial charge on any atom is -0.451 e. The van der Waals surface area contributed by atoms with Gasteiger partial charge in [0.25, 0.3) is 5.91 Å². The Labute approximate surface area is 147 Å². The van der Waals surface area contributed by atoms with Crippen molar-refractivity contribution in [2.75, 3.05) is 26.2 Å². The standard InChI is InChI=1S/C21H22N2O2/c1-16-5-4-6-17(13-16)15-22-9-11-23(12-10-22)21(24)20-14-18-7-2-3-8-19(18)25-20/h2-8,13-14H,9-12,15H2,1H3. The van der Waals surface area contributed by atoms with Crippen LogP contribution >= 0.6 is 0 Å². The maximum Gasteiger partial charge on any atom is 0.289 e. The Hall–Kier alpha value is -2.59. The van der Waals surface area contributed by atoms with Crippen molar-refractivity contribution in [2.24, 2.45) is 0 Å². The van der Waals surface area contributed by atoms with Gasteiger partial charge in [-0.15, -0.1) is 0 Å². The summed E-state index contributed by atoms with van der Waals surface area (Å²) in [6, 6.07) is 18.2. The van der Waals surface area contributed by atoms with Gasteiger partial charge in [0, 0.05) is 38.1 Å². The molecule has 0 aliphatic carbocycles. The molecule has 0 spiro atoms. The third-order valence-corrected chi connectivity index (χ3v) is 4.78. The van der Waals surface area contributed by atoms with Crippen molar-refractivity contribution in [3.63, 3.8) is 0 Å². The number of piperazine rings is 1. The van der Waals surface area contributed by atoms with Gasteiger partial charge in [-0.25, -0.2) is 0 Å². The van der Waals surface area contributed by atoms with Crippen molar-refractivity contribution in [3.05, 3.63) is 71.5 Å². The molecule has 0 atom stereocenters. The molecule has 0 N–H and O–H groups in total. The van der Waals surface area contributed by atoms with Crippen LogP contribution in [0.25, 0.3) is 11.0 Å². The fraction of sp³-hybridized carbons (Fsp3) is 0.286. The number of hydrogen-bond acceptors (Lipinski definition) is 3. The number of furan rings is 1. The van der Waals surface area contributed by atoms with E-state index in [1.54, 1.807) is 0 Å². The topological polar surface area (TPSA) is 36.7 Å². The Morgan fingerprint density at radius 1 is 1.00 bits per heavy atom. The molecule has 1 aliphatic heterocycles. The van der Waals surface area contributed by atoms with Crippen molar-refractivity contribution in [1.82, 2.24) is 9.80 Å². The number of carbonyl (C=O) groups is 1. The van der Waals surface area contributed by atoms with Crippen LogP contribution in [0.3, 0.4) is 0 Å². The highest BCUT2D eigenvalue weighted by molar-refractivity contribution is 5.96. The molecule has 1 fully saturated rings. The van der Waals surface area contributed by atoms with Crippen molar-refractivity contribution >= 4 is 16.9 Å². The lowest BCUT2D eigenvalue weighted by Crippen LogP contribution is -2.48. The zero-order valence-electron chi connectivity index (χ0n) is 14.4. The van der Waals surface area contributed by atoms with Crippen LogP contribution in [0.4, 0.5) is 0 Å². The first kappa shape index (κ1) is 15.9. The smallest absolute Gasteiger partial charge is 0.289 e. The number of para-hydroxylation sites is 1. The largest absolute Gasteiger partial charge is 0.451 e. The van der Waals surface area contributed by atoms with E-state index < -0.39 is 0 Å². The Bertz CT molecular complexity index is 859. The zero-order valence-corrected chi connectivity index (χ0v) is 14.4. The summed E-state index contributed by atoms with van der Waals surface area (Å²) in [4.78, 5) is 17.0. The number of amides is 1. The van der Waals surface area contributed by atoms with Crippen LogP contribution in [-0.2, 0) is 6.54 Å². The summed E-state index contributed by atoms with van der Waals surface area (Å²) in [6.45, 7) is 6.31. The quantitative estimate of drug-likeness (QED) is 0.733. The summed E-state index contributed by atoms with van der Waals surface area (Å²) >= 11 is 0. The number of fused-ring (bicyclic) bond motifs is 1. The highest BCUT2D eigenvalue weighted by Crippen LogP contribution is 2.21. The summed E-state index contributed by atoms with van der Waals surface area (Å²) in [6.07, 6.45) is 0. The first-order valence-electron chi connectivity index (χ1n) is 8.75. The van der Waals surface area contributed by atoms with E-state index in [0.29, 0.717) is 5.76 Å². The Balaban J connectivity index is 1.38. The maximum atomic E-state index is 12.7. The Kier molecular flexibility index (Phi) is 4.28. The van der Waals surface area contributed by atoms with Gasteiger partial charge in [-0.1, -0.05) is 48.0 Å². The first-order valence-corrected chi connectivity index (χ1v) is 8.75. The SMILES string of the molecule is Cc1cccc(CN2CCN(C(=O)c3cc4ccccc4o3)CC2)c1. The monoisotopic (exact) mass is 334 g/mol. The predicted octanol–water partition coefficient (Wildman–Crippen LogP) is 3.70. The van der Waals surface area contributed by atoms with Crippen molar-refractivity contribution < 1.29 is 9.21 Å². The minimum absolute atomic E-state index is 0.00796. The second-order valence-electron chi connectivity index (χ2n) is 6.71. The normalized spacial score (nSPS) is 15.6. The second-order valence-corrected chi connectivity index (χ2v) is 6.71. The fourth-order valence-corrected chi connectivity index (χ4v) is 3.42. The van der Waals surface area contributed by atoms with Gasteiger partial charge in [-0.05, 0) is 24.6 Å². The molecule has 3 aromatic rings. The molecule has 128 valence electrons. The van der Waals surface area contributed by atoms with E-state index in [0.717, 1.165) is 43.7 Å². The van der Waals surface area contributed by atoms with E-state index >= 15 is 0 Å². The zero-order chi connectivity index (χ0) is 17.2. The van der Waals surface area contributed by atoms with Gasteiger partial charge < -0.3 is 9.32 Å². The van der Waals surface area contributed by atoms with Gasteiger partial charge in [0.05, 0.1) is 0 Å². The average Bonchev–Trinajstić information content (AvgIpc) is 3.06. The molecule has 2 heterocycles. The summed E-state index contributed by atoms with van der Waals surface area (Å²) in [5.41, 5.74) is 3.39. The number of carbonyl (C=O) groups excluding carboxylic acids is 1. The van der Waals surface area contributed by atoms with Gasteiger partial charge in [0.1, 0.15) is 5.58 Å². The lowest BCUT2D eigenvalue weighted by atomic mass is 10.1. The van der Waals surface area contributed by atoms with E-state index in [-0.39, 0.29) is 5.91 Å². The summed E-state index contributed by atoms with van der Waals surface area (Å²) in [5, 5.41) is 0.976. The molecule has 0 bridgehead atoms. The van der Waals surface area contributed by atoms with Crippen LogP contribution < -0.4 is 0 Å². The summed E-state index contributed by atoms with van der Waals surface area (Å²) in [7, 11) is 0. The highest BCUT2D eigenvalue weighted by Gasteiger charge is 2.24. The molecule has 1 aromatic heterocycles. The van der Waals surface area contributed by atoms with Crippen LogP contribution in [0, 0.1) is 6.92 Å². The van der Waals surface area contributed by atoms with E-state index in [9.17, 15) is 4.79 Å². The number of rotatable bonds is 3. The second kappa shape index (κ2) is 6.73. The molecule has 0 unspecified atom stereocenters. The molecule has 4 nitrogen and oxygen atoms in total. The fourth-order valence-electron chi connectivity index (χ4n) is 3.42. The Morgan fingerprint density at radius 2 is 1.80 bits per heavy atom. The number of aryl methyl sites for hydroxylation is 1. The number of benzene rings is 2. The minimum atomic E-state index is -0.00796. The molecule has 0 saturated carbocycles. The van der Waals surface area contributed by atoms with Gasteiger partial charge in [0.2, 0.25) is 0 Å². The predicted molar refractivity (Wildman–Crippen MR) is 98.6 cm³/mol. The lowest BCUT2D eigenvalue weighted by Gasteiger charge is -2.34. The van der Waals surface area contributed by atoms with Gasteiger partial charge >= 0.3 is 0 Å². The van der Waals surface area contributed by atoms with E-state index in [4.69, 9.17) is 4.42 Å². The molecule has 0 radical (unpaired) electrons. The molecule has 4 rings (SSSR count).